The molecule has 0 spiro atoms. The summed E-state index contributed by atoms with van der Waals surface area (Å²) in [6, 6.07) is 0.402. The number of aromatic nitrogens is 4. The Labute approximate surface area is 154 Å². The summed E-state index contributed by atoms with van der Waals surface area (Å²) in [5, 5.41) is 14.8. The van der Waals surface area contributed by atoms with E-state index in [1.807, 2.05) is 17.1 Å². The van der Waals surface area contributed by atoms with Crippen molar-refractivity contribution in [3.05, 3.63) is 36.5 Å². The van der Waals surface area contributed by atoms with E-state index in [-0.39, 0.29) is 12.0 Å². The third-order valence-corrected chi connectivity index (χ3v) is 6.03. The maximum Gasteiger partial charge on any atom is 0.147 e. The summed E-state index contributed by atoms with van der Waals surface area (Å²) in [6.45, 7) is 7.03. The molecule has 0 aliphatic carbocycles. The molecule has 2 aromatic rings. The van der Waals surface area contributed by atoms with Crippen LogP contribution in [0.25, 0.3) is 0 Å². The van der Waals surface area contributed by atoms with Gasteiger partial charge in [0, 0.05) is 61.8 Å². The van der Waals surface area contributed by atoms with Crippen molar-refractivity contribution >= 4 is 5.82 Å². The number of likely N-dealkylation sites (tertiary alicyclic amines) is 1. The van der Waals surface area contributed by atoms with Crippen LogP contribution in [0.5, 0.6) is 0 Å². The van der Waals surface area contributed by atoms with Crippen LogP contribution in [-0.2, 0) is 13.1 Å². The first kappa shape index (κ1) is 17.4. The smallest absolute Gasteiger partial charge is 0.147 e. The predicted molar refractivity (Wildman–Crippen MR) is 99.7 cm³/mol. The van der Waals surface area contributed by atoms with Gasteiger partial charge in [0.25, 0.3) is 0 Å². The van der Waals surface area contributed by atoms with Crippen LogP contribution in [0.3, 0.4) is 0 Å². The van der Waals surface area contributed by atoms with Gasteiger partial charge in [-0.1, -0.05) is 0 Å². The normalized spacial score (nSPS) is 26.7. The van der Waals surface area contributed by atoms with Crippen LogP contribution in [0.2, 0.25) is 0 Å². The van der Waals surface area contributed by atoms with E-state index in [1.165, 1.54) is 5.56 Å². The van der Waals surface area contributed by atoms with E-state index >= 15 is 0 Å². The third kappa shape index (κ3) is 3.21. The van der Waals surface area contributed by atoms with Crippen molar-refractivity contribution in [2.75, 3.05) is 31.1 Å². The lowest BCUT2D eigenvalue weighted by atomic mass is 9.69. The van der Waals surface area contributed by atoms with Gasteiger partial charge in [-0.05, 0) is 32.7 Å². The number of hydrogen-bond acceptors (Lipinski definition) is 6. The summed E-state index contributed by atoms with van der Waals surface area (Å²) in [7, 11) is 0. The number of fused-ring (bicyclic) bond motifs is 1. The molecule has 26 heavy (non-hydrogen) atoms. The first-order valence-electron chi connectivity index (χ1n) is 9.61. The quantitative estimate of drug-likeness (QED) is 0.876. The minimum atomic E-state index is -0.0885. The molecule has 1 N–H and O–H groups in total. The largest absolute Gasteiger partial charge is 0.396 e. The topological polar surface area (TPSA) is 70.3 Å². The van der Waals surface area contributed by atoms with Crippen molar-refractivity contribution in [1.29, 1.82) is 0 Å². The Hall–Kier alpha value is -1.99. The van der Waals surface area contributed by atoms with Gasteiger partial charge in [0.1, 0.15) is 5.82 Å². The number of nitrogens with zero attached hydrogens (tertiary/aromatic N) is 6. The van der Waals surface area contributed by atoms with Crippen LogP contribution < -0.4 is 4.90 Å². The van der Waals surface area contributed by atoms with E-state index in [0.29, 0.717) is 6.04 Å². The highest BCUT2D eigenvalue weighted by Crippen LogP contribution is 2.42. The summed E-state index contributed by atoms with van der Waals surface area (Å²) in [5.41, 5.74) is 1.17. The molecule has 0 radical (unpaired) electrons. The van der Waals surface area contributed by atoms with Gasteiger partial charge in [0.05, 0.1) is 19.0 Å². The molecule has 2 aromatic heterocycles. The molecule has 2 aliphatic rings. The summed E-state index contributed by atoms with van der Waals surface area (Å²) in [4.78, 5) is 13.5. The second-order valence-electron chi connectivity index (χ2n) is 7.59. The zero-order valence-corrected chi connectivity index (χ0v) is 15.5. The summed E-state index contributed by atoms with van der Waals surface area (Å²) in [5.74, 6) is 0.917. The average Bonchev–Trinajstić information content (AvgIpc) is 3.16. The van der Waals surface area contributed by atoms with Crippen molar-refractivity contribution in [1.82, 2.24) is 24.6 Å². The minimum Gasteiger partial charge on any atom is -0.396 e. The SMILES string of the molecule is CCn1cc(CN2CCC[C@@]3(CO)CN(c4cnccn4)CC[C@H]23)cn1. The Kier molecular flexibility index (Phi) is 4.91. The second-order valence-corrected chi connectivity index (χ2v) is 7.59. The van der Waals surface area contributed by atoms with Crippen LogP contribution >= 0.6 is 0 Å². The number of piperidine rings is 2. The Morgan fingerprint density at radius 2 is 2.19 bits per heavy atom. The molecular weight excluding hydrogens is 328 g/mol. The summed E-state index contributed by atoms with van der Waals surface area (Å²) < 4.78 is 1.98. The van der Waals surface area contributed by atoms with Gasteiger partial charge in [0.15, 0.2) is 0 Å². The van der Waals surface area contributed by atoms with Crippen molar-refractivity contribution in [2.45, 2.75) is 45.3 Å². The van der Waals surface area contributed by atoms with Crippen molar-refractivity contribution < 1.29 is 5.11 Å². The number of hydrogen-bond donors (Lipinski definition) is 1. The Bertz CT molecular complexity index is 720. The monoisotopic (exact) mass is 356 g/mol. The summed E-state index contributed by atoms with van der Waals surface area (Å²) in [6.07, 6.45) is 12.6. The molecule has 2 atom stereocenters. The molecule has 2 fully saturated rings. The average molecular weight is 356 g/mol. The maximum atomic E-state index is 10.4. The van der Waals surface area contributed by atoms with Gasteiger partial charge in [-0.2, -0.15) is 5.10 Å². The lowest BCUT2D eigenvalue weighted by Crippen LogP contribution is -2.62. The molecule has 0 unspecified atom stereocenters. The Morgan fingerprint density at radius 1 is 1.27 bits per heavy atom. The number of aryl methyl sites for hydroxylation is 1. The Balaban J connectivity index is 1.52. The molecule has 0 amide bonds. The highest BCUT2D eigenvalue weighted by molar-refractivity contribution is 5.37. The van der Waals surface area contributed by atoms with Gasteiger partial charge >= 0.3 is 0 Å². The maximum absolute atomic E-state index is 10.4. The molecule has 7 nitrogen and oxygen atoms in total. The number of rotatable bonds is 5. The highest BCUT2D eigenvalue weighted by Gasteiger charge is 2.48. The lowest BCUT2D eigenvalue weighted by Gasteiger charge is -2.54. The summed E-state index contributed by atoms with van der Waals surface area (Å²) >= 11 is 0. The van der Waals surface area contributed by atoms with Crippen LogP contribution in [0.15, 0.2) is 31.0 Å². The third-order valence-electron chi connectivity index (χ3n) is 6.03. The minimum absolute atomic E-state index is 0.0885. The second kappa shape index (κ2) is 7.32. The fourth-order valence-electron chi connectivity index (χ4n) is 4.72. The van der Waals surface area contributed by atoms with E-state index in [1.54, 1.807) is 12.4 Å². The lowest BCUT2D eigenvalue weighted by molar-refractivity contribution is -0.0401. The number of aliphatic hydroxyl groups excluding tert-OH is 1. The zero-order valence-electron chi connectivity index (χ0n) is 15.5. The fraction of sp³-hybridized carbons (Fsp3) is 0.632. The fourth-order valence-corrected chi connectivity index (χ4v) is 4.72. The molecule has 0 bridgehead atoms. The molecule has 0 saturated carbocycles. The number of aliphatic hydroxyl groups is 1. The van der Waals surface area contributed by atoms with Crippen molar-refractivity contribution in [2.24, 2.45) is 5.41 Å². The molecule has 0 aromatic carbocycles. The van der Waals surface area contributed by atoms with E-state index < -0.39 is 0 Å². The van der Waals surface area contributed by atoms with E-state index in [0.717, 1.165) is 57.8 Å². The predicted octanol–water partition coefficient (Wildman–Crippen LogP) is 1.55. The van der Waals surface area contributed by atoms with Gasteiger partial charge in [-0.3, -0.25) is 14.6 Å². The van der Waals surface area contributed by atoms with Gasteiger partial charge in [0.2, 0.25) is 0 Å². The van der Waals surface area contributed by atoms with Crippen LogP contribution in [0.4, 0.5) is 5.82 Å². The molecule has 4 rings (SSSR count). The highest BCUT2D eigenvalue weighted by atomic mass is 16.3. The molecular formula is C19H28N6O. The number of anilines is 1. The standard InChI is InChI=1S/C19H28N6O/c1-2-25-13-16(10-22-25)12-23-8-3-5-19(15-26)14-24(9-4-17(19)23)18-11-20-6-7-21-18/h6-7,10-11,13,17,26H,2-5,8-9,12,14-15H2,1H3/t17-,19-/m0/s1. The van der Waals surface area contributed by atoms with Crippen molar-refractivity contribution in [3.8, 4) is 0 Å². The van der Waals surface area contributed by atoms with Gasteiger partial charge < -0.3 is 10.0 Å². The van der Waals surface area contributed by atoms with E-state index in [4.69, 9.17) is 0 Å². The first-order valence-corrected chi connectivity index (χ1v) is 9.61. The molecule has 4 heterocycles. The van der Waals surface area contributed by atoms with E-state index in [2.05, 4.69) is 38.0 Å². The molecule has 2 aliphatic heterocycles. The zero-order chi connectivity index (χ0) is 18.0. The van der Waals surface area contributed by atoms with Gasteiger partial charge in [-0.25, -0.2) is 4.98 Å². The molecule has 7 heteroatoms. The molecule has 2 saturated heterocycles. The van der Waals surface area contributed by atoms with Crippen LogP contribution in [0.1, 0.15) is 31.7 Å². The van der Waals surface area contributed by atoms with Crippen molar-refractivity contribution in [3.63, 3.8) is 0 Å². The molecule has 140 valence electrons. The first-order chi connectivity index (χ1) is 12.7. The Morgan fingerprint density at radius 3 is 2.92 bits per heavy atom. The van der Waals surface area contributed by atoms with E-state index in [9.17, 15) is 5.11 Å². The van der Waals surface area contributed by atoms with Crippen LogP contribution in [-0.4, -0.2) is 62.0 Å². The van der Waals surface area contributed by atoms with Crippen LogP contribution in [0, 0.1) is 5.41 Å². The van der Waals surface area contributed by atoms with Gasteiger partial charge in [-0.15, -0.1) is 0 Å².